The number of carbonyl (C=O) groups is 1. The molecule has 0 bridgehead atoms. The van der Waals surface area contributed by atoms with Crippen molar-refractivity contribution >= 4 is 17.4 Å². The molecule has 0 aromatic heterocycles. The highest BCUT2D eigenvalue weighted by atomic mass is 35.5. The van der Waals surface area contributed by atoms with Crippen molar-refractivity contribution in [2.75, 3.05) is 20.7 Å². The van der Waals surface area contributed by atoms with Gasteiger partial charge in [-0.2, -0.15) is 0 Å². The zero-order chi connectivity index (χ0) is 12.3. The highest BCUT2D eigenvalue weighted by Crippen LogP contribution is 2.37. The number of rotatable bonds is 4. The number of benzene rings is 1. The van der Waals surface area contributed by atoms with Crippen molar-refractivity contribution in [2.24, 2.45) is 0 Å². The fourth-order valence-electron chi connectivity index (χ4n) is 1.43. The topological polar surface area (TPSA) is 58.6 Å². The Morgan fingerprint density at radius 2 is 2.25 bits per heavy atom. The molecule has 0 aliphatic carbocycles. The number of likely N-dealkylation sites (N-methyl/N-ethyl adjacent to an activating group) is 1. The van der Waals surface area contributed by atoms with Crippen LogP contribution >= 0.6 is 11.6 Å². The molecule has 0 heterocycles. The Kier molecular flexibility index (Phi) is 4.15. The molecule has 0 aliphatic rings. The molecule has 16 heavy (non-hydrogen) atoms. The predicted molar refractivity (Wildman–Crippen MR) is 62.7 cm³/mol. The Labute approximate surface area is 99.2 Å². The minimum atomic E-state index is -0.236. The van der Waals surface area contributed by atoms with Gasteiger partial charge in [-0.25, -0.2) is 0 Å². The minimum Gasteiger partial charge on any atom is -0.504 e. The van der Waals surface area contributed by atoms with E-state index in [1.807, 2.05) is 0 Å². The van der Waals surface area contributed by atoms with E-state index in [2.05, 4.69) is 5.32 Å². The van der Waals surface area contributed by atoms with Crippen LogP contribution in [-0.2, 0) is 0 Å². The Bertz CT molecular complexity index is 418. The van der Waals surface area contributed by atoms with Gasteiger partial charge in [-0.15, -0.1) is 0 Å². The van der Waals surface area contributed by atoms with Crippen molar-refractivity contribution in [3.05, 3.63) is 22.2 Å². The number of phenolic OH excluding ortho intramolecular Hbond substituents is 1. The fraction of sp³-hybridized carbons (Fsp3) is 0.364. The van der Waals surface area contributed by atoms with Gasteiger partial charge in [-0.1, -0.05) is 11.6 Å². The maximum atomic E-state index is 11.7. The summed E-state index contributed by atoms with van der Waals surface area (Å²) in [6, 6.07) is 1.45. The first kappa shape index (κ1) is 12.8. The number of aromatic hydroxyl groups is 1. The second-order valence-corrected chi connectivity index (χ2v) is 3.77. The van der Waals surface area contributed by atoms with Gasteiger partial charge in [0.1, 0.15) is 0 Å². The van der Waals surface area contributed by atoms with Gasteiger partial charge in [0.05, 0.1) is 19.2 Å². The maximum absolute atomic E-state index is 11.7. The number of ketones is 1. The second-order valence-electron chi connectivity index (χ2n) is 3.37. The van der Waals surface area contributed by atoms with Crippen LogP contribution in [0.2, 0.25) is 5.02 Å². The van der Waals surface area contributed by atoms with Gasteiger partial charge in [0, 0.05) is 10.6 Å². The van der Waals surface area contributed by atoms with Crippen LogP contribution in [0, 0.1) is 6.92 Å². The number of phenols is 1. The number of hydrogen-bond donors (Lipinski definition) is 2. The third-order valence-electron chi connectivity index (χ3n) is 2.28. The molecule has 0 radical (unpaired) electrons. The van der Waals surface area contributed by atoms with E-state index in [1.54, 1.807) is 14.0 Å². The molecule has 0 spiro atoms. The van der Waals surface area contributed by atoms with Crippen molar-refractivity contribution < 1.29 is 14.6 Å². The van der Waals surface area contributed by atoms with E-state index in [9.17, 15) is 9.90 Å². The molecule has 0 atom stereocenters. The Morgan fingerprint density at radius 1 is 1.62 bits per heavy atom. The summed E-state index contributed by atoms with van der Waals surface area (Å²) < 4.78 is 5.02. The Balaban J connectivity index is 3.31. The second kappa shape index (κ2) is 5.18. The van der Waals surface area contributed by atoms with E-state index in [4.69, 9.17) is 16.3 Å². The van der Waals surface area contributed by atoms with E-state index >= 15 is 0 Å². The average Bonchev–Trinajstić information content (AvgIpc) is 2.24. The van der Waals surface area contributed by atoms with Crippen LogP contribution in [0.5, 0.6) is 11.5 Å². The number of nitrogens with one attached hydrogen (secondary N) is 1. The van der Waals surface area contributed by atoms with Crippen LogP contribution in [0.1, 0.15) is 15.9 Å². The number of ether oxygens (including phenoxy) is 1. The molecular formula is C11H14ClNO3. The predicted octanol–water partition coefficient (Wildman–Crippen LogP) is 1.76. The van der Waals surface area contributed by atoms with Crippen LogP contribution in [-0.4, -0.2) is 31.6 Å². The molecule has 2 N–H and O–H groups in total. The number of methoxy groups -OCH3 is 1. The lowest BCUT2D eigenvalue weighted by atomic mass is 10.1. The number of Topliss-reactive ketones (excluding diaryl/α,β-unsaturated/α-hetero) is 1. The summed E-state index contributed by atoms with van der Waals surface area (Å²) >= 11 is 5.95. The molecule has 1 aromatic carbocycles. The van der Waals surface area contributed by atoms with Gasteiger partial charge < -0.3 is 15.2 Å². The summed E-state index contributed by atoms with van der Waals surface area (Å²) in [6.07, 6.45) is 0. The highest BCUT2D eigenvalue weighted by Gasteiger charge is 2.19. The fourth-order valence-corrected chi connectivity index (χ4v) is 1.62. The summed E-state index contributed by atoms with van der Waals surface area (Å²) in [5, 5.41) is 13.0. The van der Waals surface area contributed by atoms with Gasteiger partial charge in [-0.3, -0.25) is 4.79 Å². The van der Waals surface area contributed by atoms with Gasteiger partial charge in [0.25, 0.3) is 0 Å². The van der Waals surface area contributed by atoms with Crippen molar-refractivity contribution in [3.8, 4) is 11.5 Å². The molecule has 1 aromatic rings. The SMILES string of the molecule is CNCC(=O)c1cc(Cl)c(C)c(OC)c1O. The molecule has 0 amide bonds. The summed E-state index contributed by atoms with van der Waals surface area (Å²) in [7, 11) is 3.08. The van der Waals surface area contributed by atoms with E-state index in [0.29, 0.717) is 10.6 Å². The lowest BCUT2D eigenvalue weighted by Crippen LogP contribution is -2.18. The number of halogens is 1. The normalized spacial score (nSPS) is 10.2. The molecular weight excluding hydrogens is 230 g/mol. The molecule has 1 rings (SSSR count). The van der Waals surface area contributed by atoms with Crippen LogP contribution in [0.3, 0.4) is 0 Å². The van der Waals surface area contributed by atoms with Gasteiger partial charge >= 0.3 is 0 Å². The molecule has 0 unspecified atom stereocenters. The first-order valence-electron chi connectivity index (χ1n) is 4.76. The van der Waals surface area contributed by atoms with Crippen LogP contribution < -0.4 is 10.1 Å². The standard InChI is InChI=1S/C11H14ClNO3/c1-6-8(12)4-7(9(14)5-13-2)10(15)11(6)16-3/h4,13,15H,5H2,1-3H3. The van der Waals surface area contributed by atoms with Crippen molar-refractivity contribution in [1.82, 2.24) is 5.32 Å². The average molecular weight is 244 g/mol. The van der Waals surface area contributed by atoms with E-state index < -0.39 is 0 Å². The lowest BCUT2D eigenvalue weighted by molar-refractivity contribution is 0.0990. The third-order valence-corrected chi connectivity index (χ3v) is 2.67. The molecule has 0 aliphatic heterocycles. The van der Waals surface area contributed by atoms with E-state index in [-0.39, 0.29) is 29.4 Å². The molecule has 4 nitrogen and oxygen atoms in total. The zero-order valence-electron chi connectivity index (χ0n) is 9.43. The van der Waals surface area contributed by atoms with Crippen molar-refractivity contribution in [3.63, 3.8) is 0 Å². The minimum absolute atomic E-state index is 0.135. The van der Waals surface area contributed by atoms with Crippen LogP contribution in [0.15, 0.2) is 6.07 Å². The van der Waals surface area contributed by atoms with Crippen LogP contribution in [0.4, 0.5) is 0 Å². The van der Waals surface area contributed by atoms with Gasteiger partial charge in [-0.05, 0) is 20.0 Å². The largest absolute Gasteiger partial charge is 0.504 e. The summed E-state index contributed by atoms with van der Waals surface area (Å²) in [4.78, 5) is 11.7. The Hall–Kier alpha value is -1.26. The molecule has 0 fully saturated rings. The molecule has 5 heteroatoms. The van der Waals surface area contributed by atoms with Crippen LogP contribution in [0.25, 0.3) is 0 Å². The van der Waals surface area contributed by atoms with E-state index in [0.717, 1.165) is 0 Å². The number of carbonyl (C=O) groups excluding carboxylic acids is 1. The molecule has 0 saturated heterocycles. The summed E-state index contributed by atoms with van der Waals surface area (Å²) in [5.41, 5.74) is 0.782. The summed E-state index contributed by atoms with van der Waals surface area (Å²) in [6.45, 7) is 1.85. The van der Waals surface area contributed by atoms with E-state index in [1.165, 1.54) is 13.2 Å². The Morgan fingerprint density at radius 3 is 2.75 bits per heavy atom. The summed E-state index contributed by atoms with van der Waals surface area (Å²) in [5.74, 6) is -0.156. The third kappa shape index (κ3) is 2.28. The zero-order valence-corrected chi connectivity index (χ0v) is 10.2. The first-order valence-corrected chi connectivity index (χ1v) is 5.14. The molecule has 0 saturated carbocycles. The van der Waals surface area contributed by atoms with Gasteiger partial charge in [0.15, 0.2) is 17.3 Å². The monoisotopic (exact) mass is 243 g/mol. The lowest BCUT2D eigenvalue weighted by Gasteiger charge is -2.12. The quantitative estimate of drug-likeness (QED) is 0.792. The number of hydrogen-bond acceptors (Lipinski definition) is 4. The first-order chi connectivity index (χ1) is 7.52. The molecule has 88 valence electrons. The highest BCUT2D eigenvalue weighted by molar-refractivity contribution is 6.32. The maximum Gasteiger partial charge on any atom is 0.180 e. The van der Waals surface area contributed by atoms with Gasteiger partial charge in [0.2, 0.25) is 0 Å². The van der Waals surface area contributed by atoms with Crippen molar-refractivity contribution in [1.29, 1.82) is 0 Å². The van der Waals surface area contributed by atoms with Crippen molar-refractivity contribution in [2.45, 2.75) is 6.92 Å². The smallest absolute Gasteiger partial charge is 0.180 e.